The Labute approximate surface area is 136 Å². The Morgan fingerprint density at radius 1 is 0.682 bits per heavy atom. The lowest BCUT2D eigenvalue weighted by Gasteiger charge is -2.20. The van der Waals surface area contributed by atoms with E-state index in [0.717, 1.165) is 10.5 Å². The average Bonchev–Trinajstić information content (AvgIpc) is 2.60. The third kappa shape index (κ3) is 1.77. The smallest absolute Gasteiger partial charge is 0.115 e. The average molecular weight is 318 g/mol. The highest BCUT2D eigenvalue weighted by Gasteiger charge is 2.22. The van der Waals surface area contributed by atoms with Gasteiger partial charge in [-0.2, -0.15) is 0 Å². The summed E-state index contributed by atoms with van der Waals surface area (Å²) in [5.41, 5.74) is 1.04. The molecule has 0 atom stereocenters. The van der Waals surface area contributed by atoms with Gasteiger partial charge in [0.05, 0.1) is 10.4 Å². The van der Waals surface area contributed by atoms with E-state index in [1.807, 2.05) is 18.5 Å². The van der Waals surface area contributed by atoms with Gasteiger partial charge in [0.2, 0.25) is 0 Å². The molecule has 104 valence electrons. The summed E-state index contributed by atoms with van der Waals surface area (Å²) in [7, 11) is 0. The van der Waals surface area contributed by atoms with E-state index >= 15 is 0 Å². The van der Waals surface area contributed by atoms with Gasteiger partial charge in [0.1, 0.15) is 5.03 Å². The molecular weight excluding hydrogens is 308 g/mol. The summed E-state index contributed by atoms with van der Waals surface area (Å²) in [4.78, 5) is 13.0. The van der Waals surface area contributed by atoms with Crippen LogP contribution in [0.15, 0.2) is 80.6 Å². The summed E-state index contributed by atoms with van der Waals surface area (Å²) < 4.78 is 0. The zero-order chi connectivity index (χ0) is 14.5. The highest BCUT2D eigenvalue weighted by molar-refractivity contribution is 8.05. The van der Waals surface area contributed by atoms with Crippen LogP contribution < -0.4 is 0 Å². The minimum Gasteiger partial charge on any atom is -0.255 e. The molecule has 0 saturated heterocycles. The van der Waals surface area contributed by atoms with Crippen LogP contribution in [0.4, 0.5) is 0 Å². The van der Waals surface area contributed by atoms with Crippen LogP contribution in [0.2, 0.25) is 0 Å². The summed E-state index contributed by atoms with van der Waals surface area (Å²) in [6.07, 6.45) is 3.95. The van der Waals surface area contributed by atoms with Crippen molar-refractivity contribution in [2.75, 3.05) is 0 Å². The first-order chi connectivity index (χ1) is 10.9. The predicted octanol–water partition coefficient (Wildman–Crippen LogP) is 5.40. The van der Waals surface area contributed by atoms with Crippen LogP contribution in [-0.2, 0) is 0 Å². The van der Waals surface area contributed by atoms with E-state index < -0.39 is 0 Å². The Morgan fingerprint density at radius 3 is 2.45 bits per heavy atom. The van der Waals surface area contributed by atoms with Gasteiger partial charge in [0, 0.05) is 33.0 Å². The molecule has 0 aliphatic carbocycles. The van der Waals surface area contributed by atoms with Crippen molar-refractivity contribution in [3.8, 4) is 0 Å². The van der Waals surface area contributed by atoms with Crippen molar-refractivity contribution in [1.82, 2.24) is 9.97 Å². The molecule has 1 aliphatic heterocycles. The molecule has 0 unspecified atom stereocenters. The maximum absolute atomic E-state index is 4.67. The number of rotatable bonds is 0. The predicted molar refractivity (Wildman–Crippen MR) is 91.7 cm³/mol. The number of fused-ring (bicyclic) bond motifs is 6. The normalized spacial score (nSPS) is 13.1. The second kappa shape index (κ2) is 4.73. The van der Waals surface area contributed by atoms with E-state index in [1.54, 1.807) is 23.5 Å². The second-order valence-electron chi connectivity index (χ2n) is 5.15. The molecule has 4 heteroatoms. The van der Waals surface area contributed by atoms with Crippen LogP contribution in [0.3, 0.4) is 0 Å². The van der Waals surface area contributed by atoms with Crippen LogP contribution in [0, 0.1) is 0 Å². The lowest BCUT2D eigenvalue weighted by atomic mass is 10.2. The van der Waals surface area contributed by atoms with E-state index in [1.165, 1.54) is 30.8 Å². The lowest BCUT2D eigenvalue weighted by Crippen LogP contribution is -1.95. The fraction of sp³-hybridized carbons (Fsp3) is 0. The Kier molecular flexibility index (Phi) is 2.69. The summed E-state index contributed by atoms with van der Waals surface area (Å²) in [6.45, 7) is 0. The Hall–Kier alpha value is -2.04. The molecule has 1 aliphatic rings. The van der Waals surface area contributed by atoms with Gasteiger partial charge < -0.3 is 0 Å². The highest BCUT2D eigenvalue weighted by atomic mass is 32.2. The van der Waals surface area contributed by atoms with Crippen LogP contribution in [0.25, 0.3) is 21.7 Å². The highest BCUT2D eigenvalue weighted by Crippen LogP contribution is 2.51. The molecule has 4 aromatic rings. The van der Waals surface area contributed by atoms with Crippen LogP contribution >= 0.6 is 23.5 Å². The first-order valence-electron chi connectivity index (χ1n) is 7.01. The molecule has 22 heavy (non-hydrogen) atoms. The fourth-order valence-corrected chi connectivity index (χ4v) is 5.17. The molecule has 0 N–H and O–H groups in total. The molecule has 3 heterocycles. The van der Waals surface area contributed by atoms with Gasteiger partial charge in [-0.15, -0.1) is 0 Å². The first kappa shape index (κ1) is 12.5. The van der Waals surface area contributed by atoms with Crippen molar-refractivity contribution in [3.05, 3.63) is 60.9 Å². The van der Waals surface area contributed by atoms with Gasteiger partial charge in [-0.1, -0.05) is 66.0 Å². The van der Waals surface area contributed by atoms with E-state index in [-0.39, 0.29) is 0 Å². The van der Waals surface area contributed by atoms with Gasteiger partial charge >= 0.3 is 0 Å². The zero-order valence-electron chi connectivity index (χ0n) is 11.5. The van der Waals surface area contributed by atoms with Gasteiger partial charge in [0.25, 0.3) is 0 Å². The Morgan fingerprint density at radius 2 is 1.50 bits per heavy atom. The second-order valence-corrected chi connectivity index (χ2v) is 7.20. The quantitative estimate of drug-likeness (QED) is 0.382. The van der Waals surface area contributed by atoms with E-state index in [0.29, 0.717) is 0 Å². The third-order valence-electron chi connectivity index (χ3n) is 3.82. The number of hydrogen-bond acceptors (Lipinski definition) is 4. The third-order valence-corrected chi connectivity index (χ3v) is 6.38. The zero-order valence-corrected chi connectivity index (χ0v) is 13.1. The molecule has 0 fully saturated rings. The number of pyridine rings is 2. The monoisotopic (exact) mass is 318 g/mol. The van der Waals surface area contributed by atoms with Crippen LogP contribution in [0.1, 0.15) is 0 Å². The summed E-state index contributed by atoms with van der Waals surface area (Å²) >= 11 is 3.54. The Balaban J connectivity index is 1.78. The Bertz CT molecular complexity index is 958. The van der Waals surface area contributed by atoms with Crippen molar-refractivity contribution in [3.63, 3.8) is 0 Å². The minimum atomic E-state index is 1.04. The maximum Gasteiger partial charge on any atom is 0.115 e. The summed E-state index contributed by atoms with van der Waals surface area (Å²) in [5.74, 6) is 0. The molecule has 0 saturated carbocycles. The van der Waals surface area contributed by atoms with Crippen LogP contribution in [0.5, 0.6) is 0 Å². The number of aromatic nitrogens is 2. The molecule has 2 nitrogen and oxygen atoms in total. The van der Waals surface area contributed by atoms with E-state index in [4.69, 9.17) is 0 Å². The topological polar surface area (TPSA) is 25.8 Å². The van der Waals surface area contributed by atoms with E-state index in [9.17, 15) is 0 Å². The van der Waals surface area contributed by atoms with Crippen molar-refractivity contribution < 1.29 is 0 Å². The molecule has 5 rings (SSSR count). The molecular formula is C18H10N2S2. The van der Waals surface area contributed by atoms with Crippen LogP contribution in [-0.4, -0.2) is 9.97 Å². The first-order valence-corrected chi connectivity index (χ1v) is 8.65. The summed E-state index contributed by atoms with van der Waals surface area (Å²) in [5, 5.41) is 4.75. The van der Waals surface area contributed by atoms with Crippen molar-refractivity contribution in [2.45, 2.75) is 19.7 Å². The molecule has 0 amide bonds. The summed E-state index contributed by atoms with van der Waals surface area (Å²) in [6, 6.07) is 16.7. The maximum atomic E-state index is 4.67. The SMILES string of the molecule is c1ccc2c3c(ncc2c1)Sc1c(cnc2ccccc12)S3. The van der Waals surface area contributed by atoms with Gasteiger partial charge in [-0.3, -0.25) is 4.98 Å². The van der Waals surface area contributed by atoms with E-state index in [2.05, 4.69) is 52.4 Å². The minimum absolute atomic E-state index is 1.04. The molecule has 0 spiro atoms. The number of nitrogens with zero attached hydrogens (tertiary/aromatic N) is 2. The standard InChI is InChI=1S/C18H10N2S2/c1-2-6-12-11(5-1)9-20-18-17(12)21-15-10-19-14-8-4-3-7-13(14)16(15)22-18/h1-10H. The van der Waals surface area contributed by atoms with Gasteiger partial charge in [0.15, 0.2) is 0 Å². The lowest BCUT2D eigenvalue weighted by molar-refractivity contribution is 1.04. The van der Waals surface area contributed by atoms with Crippen molar-refractivity contribution >= 4 is 45.2 Å². The molecule has 0 radical (unpaired) electrons. The number of para-hydroxylation sites is 1. The van der Waals surface area contributed by atoms with Gasteiger partial charge in [-0.05, 0) is 11.5 Å². The largest absolute Gasteiger partial charge is 0.255 e. The molecule has 2 aromatic carbocycles. The van der Waals surface area contributed by atoms with Gasteiger partial charge in [-0.25, -0.2) is 4.98 Å². The van der Waals surface area contributed by atoms with Crippen molar-refractivity contribution in [2.24, 2.45) is 0 Å². The number of hydrogen-bond donors (Lipinski definition) is 0. The number of benzene rings is 2. The molecule has 0 bridgehead atoms. The fourth-order valence-electron chi connectivity index (χ4n) is 2.77. The van der Waals surface area contributed by atoms with Crippen molar-refractivity contribution in [1.29, 1.82) is 0 Å². The molecule has 2 aromatic heterocycles.